The minimum absolute atomic E-state index is 0.0263. The molecular formula is C33H36FN5O3. The summed E-state index contributed by atoms with van der Waals surface area (Å²) in [5.41, 5.74) is 3.43. The molecular weight excluding hydrogens is 533 g/mol. The molecule has 0 saturated carbocycles. The van der Waals surface area contributed by atoms with Crippen molar-refractivity contribution in [2.24, 2.45) is 7.05 Å². The van der Waals surface area contributed by atoms with Gasteiger partial charge in [0.15, 0.2) is 11.6 Å². The molecule has 8 nitrogen and oxygen atoms in total. The summed E-state index contributed by atoms with van der Waals surface area (Å²) in [6, 6.07) is 19.8. The fourth-order valence-electron chi connectivity index (χ4n) is 4.81. The number of ether oxygens (including phenoxy) is 1. The van der Waals surface area contributed by atoms with Crippen LogP contribution < -0.4 is 16.2 Å². The van der Waals surface area contributed by atoms with Crippen LogP contribution in [0.1, 0.15) is 42.3 Å². The largest absolute Gasteiger partial charge is 0.379 e. The van der Waals surface area contributed by atoms with Gasteiger partial charge in [0.1, 0.15) is 0 Å². The normalized spacial score (nSPS) is 14.0. The molecule has 0 radical (unpaired) electrons. The molecule has 0 atom stereocenters. The second kappa shape index (κ2) is 12.3. The van der Waals surface area contributed by atoms with Gasteiger partial charge in [0.05, 0.1) is 24.6 Å². The van der Waals surface area contributed by atoms with Crippen LogP contribution in [0.3, 0.4) is 0 Å². The number of hydrogen-bond donors (Lipinski definition) is 2. The molecule has 42 heavy (non-hydrogen) atoms. The van der Waals surface area contributed by atoms with Gasteiger partial charge in [-0.05, 0) is 52.9 Å². The number of anilines is 3. The molecule has 218 valence electrons. The topological polar surface area (TPSA) is 88.5 Å². The summed E-state index contributed by atoms with van der Waals surface area (Å²) in [7, 11) is 1.59. The smallest absolute Gasteiger partial charge is 0.293 e. The molecule has 2 heterocycles. The van der Waals surface area contributed by atoms with E-state index >= 15 is 4.39 Å². The summed E-state index contributed by atoms with van der Waals surface area (Å²) < 4.78 is 22.5. The van der Waals surface area contributed by atoms with Gasteiger partial charge in [-0.15, -0.1) is 0 Å². The van der Waals surface area contributed by atoms with Gasteiger partial charge in [-0.1, -0.05) is 51.1 Å². The quantitative estimate of drug-likeness (QED) is 0.296. The van der Waals surface area contributed by atoms with Crippen molar-refractivity contribution in [1.82, 2.24) is 14.5 Å². The molecule has 3 aromatic carbocycles. The minimum Gasteiger partial charge on any atom is -0.379 e. The highest BCUT2D eigenvalue weighted by Crippen LogP contribution is 2.28. The van der Waals surface area contributed by atoms with Gasteiger partial charge in [-0.2, -0.15) is 0 Å². The number of nitrogens with zero attached hydrogens (tertiary/aromatic N) is 3. The first-order valence-electron chi connectivity index (χ1n) is 14.0. The highest BCUT2D eigenvalue weighted by molar-refractivity contribution is 6.04. The molecule has 1 aliphatic rings. The SMILES string of the molecule is Cn1cc(-c2cccc(NC(=O)c3ccc(C(C)(C)C)cc3)c2F)nc(Nc2ccc(CN3CCOCC3)cc2)c1=O. The van der Waals surface area contributed by atoms with E-state index in [1.54, 1.807) is 31.3 Å². The van der Waals surface area contributed by atoms with E-state index in [1.807, 2.05) is 36.4 Å². The van der Waals surface area contributed by atoms with Crippen LogP contribution in [0.4, 0.5) is 21.6 Å². The lowest BCUT2D eigenvalue weighted by atomic mass is 9.87. The Morgan fingerprint density at radius 3 is 2.36 bits per heavy atom. The Bertz CT molecular complexity index is 1620. The van der Waals surface area contributed by atoms with Gasteiger partial charge in [0.2, 0.25) is 0 Å². The van der Waals surface area contributed by atoms with Gasteiger partial charge in [-0.3, -0.25) is 14.5 Å². The Balaban J connectivity index is 1.34. The Morgan fingerprint density at radius 1 is 1.00 bits per heavy atom. The van der Waals surface area contributed by atoms with Gasteiger partial charge < -0.3 is 19.9 Å². The zero-order valence-electron chi connectivity index (χ0n) is 24.4. The number of aromatic nitrogens is 2. The molecule has 0 unspecified atom stereocenters. The average molecular weight is 570 g/mol. The molecule has 4 aromatic rings. The van der Waals surface area contributed by atoms with Crippen LogP contribution in [0.2, 0.25) is 0 Å². The van der Waals surface area contributed by atoms with Crippen LogP contribution in [0, 0.1) is 5.82 Å². The van der Waals surface area contributed by atoms with E-state index in [0.717, 1.165) is 44.0 Å². The Hall–Kier alpha value is -4.34. The van der Waals surface area contributed by atoms with E-state index in [9.17, 15) is 9.59 Å². The number of benzene rings is 3. The number of hydrogen-bond acceptors (Lipinski definition) is 6. The number of halogens is 1. The van der Waals surface area contributed by atoms with Gasteiger partial charge >= 0.3 is 0 Å². The van der Waals surface area contributed by atoms with E-state index in [-0.39, 0.29) is 33.7 Å². The highest BCUT2D eigenvalue weighted by Gasteiger charge is 2.18. The van der Waals surface area contributed by atoms with Crippen molar-refractivity contribution in [2.45, 2.75) is 32.7 Å². The summed E-state index contributed by atoms with van der Waals surface area (Å²) in [6.07, 6.45) is 1.48. The van der Waals surface area contributed by atoms with Crippen LogP contribution in [0.5, 0.6) is 0 Å². The molecule has 1 fully saturated rings. The number of aryl methyl sites for hydroxylation is 1. The van der Waals surface area contributed by atoms with Crippen molar-refractivity contribution in [2.75, 3.05) is 36.9 Å². The minimum atomic E-state index is -0.637. The predicted octanol–water partition coefficient (Wildman–Crippen LogP) is 5.71. The van der Waals surface area contributed by atoms with Crippen LogP contribution in [-0.2, 0) is 23.7 Å². The van der Waals surface area contributed by atoms with Crippen LogP contribution in [0.25, 0.3) is 11.3 Å². The van der Waals surface area contributed by atoms with E-state index in [0.29, 0.717) is 11.3 Å². The molecule has 5 rings (SSSR count). The second-order valence-electron chi connectivity index (χ2n) is 11.5. The summed E-state index contributed by atoms with van der Waals surface area (Å²) in [6.45, 7) is 10.4. The maximum absolute atomic E-state index is 15.7. The van der Waals surface area contributed by atoms with E-state index in [2.05, 4.69) is 41.3 Å². The van der Waals surface area contributed by atoms with Gasteiger partial charge in [0, 0.05) is 49.7 Å². The number of nitrogens with one attached hydrogen (secondary N) is 2. The number of carbonyl (C=O) groups excluding carboxylic acids is 1. The third-order valence-corrected chi connectivity index (χ3v) is 7.33. The maximum atomic E-state index is 15.7. The molecule has 1 aromatic heterocycles. The van der Waals surface area contributed by atoms with E-state index < -0.39 is 11.7 Å². The highest BCUT2D eigenvalue weighted by atomic mass is 19.1. The first-order valence-corrected chi connectivity index (χ1v) is 14.0. The third-order valence-electron chi connectivity index (χ3n) is 7.33. The van der Waals surface area contributed by atoms with Gasteiger partial charge in [0.25, 0.3) is 11.5 Å². The van der Waals surface area contributed by atoms with Crippen molar-refractivity contribution in [3.8, 4) is 11.3 Å². The Labute approximate surface area is 245 Å². The summed E-state index contributed by atoms with van der Waals surface area (Å²) >= 11 is 0. The standard InChI is InChI=1S/C33H36FN5O3/c1-33(2,3)24-12-10-23(11-13-24)31(40)37-27-7-5-6-26(29(27)34)28-21-38(4)32(41)30(36-28)35-25-14-8-22(9-15-25)20-39-16-18-42-19-17-39/h5-15,21H,16-20H2,1-4H3,(H,35,36)(H,37,40). The first-order chi connectivity index (χ1) is 20.1. The van der Waals surface area contributed by atoms with Crippen molar-refractivity contribution in [1.29, 1.82) is 0 Å². The zero-order valence-corrected chi connectivity index (χ0v) is 24.4. The molecule has 1 aliphatic heterocycles. The van der Waals surface area contributed by atoms with Crippen molar-refractivity contribution in [3.63, 3.8) is 0 Å². The first kappa shape index (κ1) is 29.2. The molecule has 0 bridgehead atoms. The van der Waals surface area contributed by atoms with Crippen LogP contribution in [-0.4, -0.2) is 46.7 Å². The van der Waals surface area contributed by atoms with E-state index in [4.69, 9.17) is 4.74 Å². The Morgan fingerprint density at radius 2 is 1.69 bits per heavy atom. The molecule has 0 aliphatic carbocycles. The fraction of sp³-hybridized carbons (Fsp3) is 0.303. The lowest BCUT2D eigenvalue weighted by molar-refractivity contribution is 0.0342. The van der Waals surface area contributed by atoms with Crippen molar-refractivity contribution < 1.29 is 13.9 Å². The summed E-state index contributed by atoms with van der Waals surface area (Å²) in [4.78, 5) is 32.6. The zero-order chi connectivity index (χ0) is 29.9. The summed E-state index contributed by atoms with van der Waals surface area (Å²) in [5, 5.41) is 5.76. The van der Waals surface area contributed by atoms with Gasteiger partial charge in [-0.25, -0.2) is 9.37 Å². The Kier molecular flexibility index (Phi) is 8.51. The number of amides is 1. The van der Waals surface area contributed by atoms with Crippen LogP contribution in [0.15, 0.2) is 77.7 Å². The van der Waals surface area contributed by atoms with Crippen molar-refractivity contribution in [3.05, 3.63) is 106 Å². The molecule has 9 heteroatoms. The average Bonchev–Trinajstić information content (AvgIpc) is 2.97. The van der Waals surface area contributed by atoms with Crippen LogP contribution >= 0.6 is 0 Å². The number of morpholine rings is 1. The lowest BCUT2D eigenvalue weighted by Gasteiger charge is -2.26. The fourth-order valence-corrected chi connectivity index (χ4v) is 4.81. The number of carbonyl (C=O) groups is 1. The maximum Gasteiger partial charge on any atom is 0.293 e. The predicted molar refractivity (Wildman–Crippen MR) is 164 cm³/mol. The summed E-state index contributed by atoms with van der Waals surface area (Å²) in [5.74, 6) is -0.982. The number of rotatable bonds is 7. The molecule has 1 saturated heterocycles. The third kappa shape index (κ3) is 6.75. The van der Waals surface area contributed by atoms with Crippen molar-refractivity contribution >= 4 is 23.1 Å². The molecule has 1 amide bonds. The van der Waals surface area contributed by atoms with E-state index in [1.165, 1.54) is 16.8 Å². The molecule has 2 N–H and O–H groups in total. The monoisotopic (exact) mass is 569 g/mol. The second-order valence-corrected chi connectivity index (χ2v) is 11.5. The lowest BCUT2D eigenvalue weighted by Crippen LogP contribution is -2.35. The molecule has 0 spiro atoms.